The molecule has 0 saturated carbocycles. The van der Waals surface area contributed by atoms with Crippen LogP contribution >= 0.6 is 0 Å². The fourth-order valence-corrected chi connectivity index (χ4v) is 3.27. The zero-order chi connectivity index (χ0) is 24.2. The molecular formula is C22H19FN6O5. The molecule has 12 heteroatoms. The van der Waals surface area contributed by atoms with E-state index in [1.807, 2.05) is 0 Å². The number of aliphatic carboxylic acids is 1. The molecule has 2 aromatic carbocycles. The third-order valence-corrected chi connectivity index (χ3v) is 4.73. The molecule has 1 amide bonds. The van der Waals surface area contributed by atoms with Crippen LogP contribution in [0, 0.1) is 12.7 Å². The van der Waals surface area contributed by atoms with Gasteiger partial charge in [0.1, 0.15) is 17.2 Å². The van der Waals surface area contributed by atoms with Crippen molar-refractivity contribution in [3.63, 3.8) is 0 Å². The third kappa shape index (κ3) is 4.46. The lowest BCUT2D eigenvalue weighted by Gasteiger charge is -2.22. The van der Waals surface area contributed by atoms with E-state index in [0.717, 1.165) is 9.70 Å². The van der Waals surface area contributed by atoms with Gasteiger partial charge in [-0.2, -0.15) is 4.80 Å². The average Bonchev–Trinajstić information content (AvgIpc) is 3.42. The van der Waals surface area contributed by atoms with E-state index < -0.39 is 24.4 Å². The standard InChI is InChI=1S/C22H19FN6O5/c1-3-33-22(32)29(17-7-5-4-6-16(17)23)19-13(2)26-34-20(19)14-8-10-15(11-9-14)21-24-27-28(25-21)12-18(30)31/h4-11H,3,12H2,1-2H3,(H,30,31). The number of tetrazole rings is 1. The van der Waals surface area contributed by atoms with E-state index in [1.165, 1.54) is 18.2 Å². The van der Waals surface area contributed by atoms with Crippen molar-refractivity contribution in [3.8, 4) is 22.7 Å². The maximum atomic E-state index is 14.7. The number of amides is 1. The number of ether oxygens (including phenoxy) is 1. The average molecular weight is 466 g/mol. The number of hydrogen-bond donors (Lipinski definition) is 1. The Hall–Kier alpha value is -4.61. The number of benzene rings is 2. The molecule has 0 aliphatic heterocycles. The maximum absolute atomic E-state index is 14.7. The van der Waals surface area contributed by atoms with Crippen LogP contribution in [-0.2, 0) is 16.1 Å². The van der Waals surface area contributed by atoms with Gasteiger partial charge in [-0.1, -0.05) is 41.6 Å². The van der Waals surface area contributed by atoms with Crippen molar-refractivity contribution in [3.05, 3.63) is 60.0 Å². The molecule has 174 valence electrons. The highest BCUT2D eigenvalue weighted by Gasteiger charge is 2.30. The molecule has 0 aliphatic carbocycles. The van der Waals surface area contributed by atoms with Crippen molar-refractivity contribution in [1.29, 1.82) is 0 Å². The number of carboxylic acid groups (broad SMARTS) is 1. The van der Waals surface area contributed by atoms with E-state index in [1.54, 1.807) is 44.2 Å². The number of hydrogen-bond acceptors (Lipinski definition) is 8. The van der Waals surface area contributed by atoms with Gasteiger partial charge in [0, 0.05) is 11.1 Å². The van der Waals surface area contributed by atoms with Crippen LogP contribution in [0.3, 0.4) is 0 Å². The molecule has 0 spiro atoms. The molecule has 0 bridgehead atoms. The number of carboxylic acids is 1. The first-order chi connectivity index (χ1) is 16.4. The summed E-state index contributed by atoms with van der Waals surface area (Å²) in [6.07, 6.45) is -0.781. The van der Waals surface area contributed by atoms with Crippen LogP contribution < -0.4 is 4.90 Å². The SMILES string of the molecule is CCOC(=O)N(c1ccccc1F)c1c(C)noc1-c1ccc(-c2nnn(CC(=O)O)n2)cc1. The Morgan fingerprint density at radius 1 is 1.15 bits per heavy atom. The van der Waals surface area contributed by atoms with Crippen molar-refractivity contribution in [2.75, 3.05) is 11.5 Å². The molecule has 0 unspecified atom stereocenters. The van der Waals surface area contributed by atoms with Crippen molar-refractivity contribution in [1.82, 2.24) is 25.4 Å². The van der Waals surface area contributed by atoms with Gasteiger partial charge in [0.05, 0.1) is 12.3 Å². The van der Waals surface area contributed by atoms with E-state index in [4.69, 9.17) is 14.4 Å². The van der Waals surface area contributed by atoms with Gasteiger partial charge in [-0.25, -0.2) is 14.1 Å². The first-order valence-electron chi connectivity index (χ1n) is 10.2. The summed E-state index contributed by atoms with van der Waals surface area (Å²) in [6, 6.07) is 12.5. The fraction of sp³-hybridized carbons (Fsp3) is 0.182. The van der Waals surface area contributed by atoms with E-state index >= 15 is 0 Å². The largest absolute Gasteiger partial charge is 0.480 e. The van der Waals surface area contributed by atoms with Gasteiger partial charge >= 0.3 is 12.1 Å². The number of aryl methyl sites for hydroxylation is 1. The molecule has 34 heavy (non-hydrogen) atoms. The van der Waals surface area contributed by atoms with Crippen LogP contribution in [-0.4, -0.2) is 49.1 Å². The van der Waals surface area contributed by atoms with Gasteiger partial charge < -0.3 is 14.4 Å². The Balaban J connectivity index is 1.73. The summed E-state index contributed by atoms with van der Waals surface area (Å²) in [5.41, 5.74) is 1.71. The summed E-state index contributed by atoms with van der Waals surface area (Å²) in [6.45, 7) is 2.96. The van der Waals surface area contributed by atoms with Crippen molar-refractivity contribution < 1.29 is 28.3 Å². The zero-order valence-corrected chi connectivity index (χ0v) is 18.2. The van der Waals surface area contributed by atoms with Crippen LogP contribution in [0.25, 0.3) is 22.7 Å². The molecule has 0 fully saturated rings. The summed E-state index contributed by atoms with van der Waals surface area (Å²) >= 11 is 0. The molecule has 11 nitrogen and oxygen atoms in total. The van der Waals surface area contributed by atoms with E-state index in [0.29, 0.717) is 16.8 Å². The molecule has 1 N–H and O–H groups in total. The molecule has 0 atom stereocenters. The summed E-state index contributed by atoms with van der Waals surface area (Å²) in [7, 11) is 0. The summed E-state index contributed by atoms with van der Waals surface area (Å²) < 4.78 is 25.3. The van der Waals surface area contributed by atoms with E-state index in [2.05, 4.69) is 20.6 Å². The number of nitrogens with zero attached hydrogens (tertiary/aromatic N) is 6. The number of para-hydroxylation sites is 1. The predicted octanol–water partition coefficient (Wildman–Crippen LogP) is 3.82. The Morgan fingerprint density at radius 3 is 2.53 bits per heavy atom. The fourth-order valence-electron chi connectivity index (χ4n) is 3.27. The van der Waals surface area contributed by atoms with Gasteiger partial charge in [0.25, 0.3) is 0 Å². The number of rotatable bonds is 7. The predicted molar refractivity (Wildman–Crippen MR) is 117 cm³/mol. The topological polar surface area (TPSA) is 136 Å². The number of aromatic nitrogens is 5. The molecular weight excluding hydrogens is 447 g/mol. The highest BCUT2D eigenvalue weighted by atomic mass is 19.1. The second-order valence-electron chi connectivity index (χ2n) is 7.05. The third-order valence-electron chi connectivity index (χ3n) is 4.73. The van der Waals surface area contributed by atoms with Crippen LogP contribution in [0.2, 0.25) is 0 Å². The molecule has 2 aromatic heterocycles. The van der Waals surface area contributed by atoms with E-state index in [-0.39, 0.29) is 29.6 Å². The van der Waals surface area contributed by atoms with Gasteiger partial charge in [-0.05, 0) is 31.2 Å². The van der Waals surface area contributed by atoms with Gasteiger partial charge in [-0.15, -0.1) is 10.2 Å². The number of anilines is 2. The minimum Gasteiger partial charge on any atom is -0.480 e. The zero-order valence-electron chi connectivity index (χ0n) is 18.2. The van der Waals surface area contributed by atoms with E-state index in [9.17, 15) is 14.0 Å². The highest BCUT2D eigenvalue weighted by Crippen LogP contribution is 2.39. The number of halogens is 1. The summed E-state index contributed by atoms with van der Waals surface area (Å²) in [5, 5.41) is 24.4. The van der Waals surface area contributed by atoms with Crippen molar-refractivity contribution >= 4 is 23.4 Å². The first kappa shape index (κ1) is 22.6. The van der Waals surface area contributed by atoms with Crippen molar-refractivity contribution in [2.24, 2.45) is 0 Å². The molecule has 4 rings (SSSR count). The summed E-state index contributed by atoms with van der Waals surface area (Å²) in [5.74, 6) is -1.24. The van der Waals surface area contributed by atoms with Gasteiger partial charge in [-0.3, -0.25) is 4.79 Å². The second kappa shape index (κ2) is 9.48. The molecule has 2 heterocycles. The van der Waals surface area contributed by atoms with Crippen LogP contribution in [0.5, 0.6) is 0 Å². The first-order valence-corrected chi connectivity index (χ1v) is 10.2. The number of carbonyl (C=O) groups excluding carboxylic acids is 1. The van der Waals surface area contributed by atoms with Gasteiger partial charge in [0.15, 0.2) is 12.3 Å². The molecule has 0 saturated heterocycles. The normalized spacial score (nSPS) is 10.8. The lowest BCUT2D eigenvalue weighted by atomic mass is 10.1. The lowest BCUT2D eigenvalue weighted by Crippen LogP contribution is -2.28. The minimum atomic E-state index is -1.09. The monoisotopic (exact) mass is 466 g/mol. The smallest absolute Gasteiger partial charge is 0.419 e. The Labute approximate surface area is 192 Å². The quantitative estimate of drug-likeness (QED) is 0.431. The van der Waals surface area contributed by atoms with Gasteiger partial charge in [0.2, 0.25) is 5.82 Å². The Kier molecular flexibility index (Phi) is 6.30. The molecule has 0 radical (unpaired) electrons. The minimum absolute atomic E-state index is 0.00985. The Bertz CT molecular complexity index is 1330. The highest BCUT2D eigenvalue weighted by molar-refractivity contribution is 6.00. The number of carbonyl (C=O) groups is 2. The molecule has 4 aromatic rings. The van der Waals surface area contributed by atoms with Crippen LogP contribution in [0.15, 0.2) is 53.1 Å². The van der Waals surface area contributed by atoms with Crippen molar-refractivity contribution in [2.45, 2.75) is 20.4 Å². The van der Waals surface area contributed by atoms with Crippen LogP contribution in [0.4, 0.5) is 20.6 Å². The maximum Gasteiger partial charge on any atom is 0.419 e. The lowest BCUT2D eigenvalue weighted by molar-refractivity contribution is -0.138. The Morgan fingerprint density at radius 2 is 1.85 bits per heavy atom. The van der Waals surface area contributed by atoms with Crippen LogP contribution in [0.1, 0.15) is 12.6 Å². The molecule has 0 aliphatic rings. The summed E-state index contributed by atoms with van der Waals surface area (Å²) in [4.78, 5) is 25.7. The second-order valence-corrected chi connectivity index (χ2v) is 7.05.